The summed E-state index contributed by atoms with van der Waals surface area (Å²) in [5.41, 5.74) is 0.977. The van der Waals surface area contributed by atoms with E-state index >= 15 is 0 Å². The van der Waals surface area contributed by atoms with E-state index in [4.69, 9.17) is 27.9 Å². The Kier molecular flexibility index (Phi) is 5.04. The highest BCUT2D eigenvalue weighted by Gasteiger charge is 2.22. The Morgan fingerprint density at radius 3 is 2.57 bits per heavy atom. The lowest BCUT2D eigenvalue weighted by Gasteiger charge is -2.18. The summed E-state index contributed by atoms with van der Waals surface area (Å²) in [4.78, 5) is 11.9. The van der Waals surface area contributed by atoms with Gasteiger partial charge in [0.1, 0.15) is 5.82 Å². The fourth-order valence-electron chi connectivity index (χ4n) is 1.88. The van der Waals surface area contributed by atoms with Crippen molar-refractivity contribution in [3.63, 3.8) is 0 Å². The molecule has 110 valence electrons. The van der Waals surface area contributed by atoms with Gasteiger partial charge in [-0.05, 0) is 42.0 Å². The summed E-state index contributed by atoms with van der Waals surface area (Å²) in [6, 6.07) is 9.84. The summed E-state index contributed by atoms with van der Waals surface area (Å²) in [6.45, 7) is 0. The average Bonchev–Trinajstić information content (AvgIpc) is 2.43. The number of rotatable bonds is 4. The predicted octanol–water partition coefficient (Wildman–Crippen LogP) is 4.46. The van der Waals surface area contributed by atoms with Crippen molar-refractivity contribution in [3.05, 3.63) is 63.9 Å². The summed E-state index contributed by atoms with van der Waals surface area (Å²) in [6.07, 6.45) is 0. The fraction of sp³-hybridized carbons (Fsp3) is 0.133. The number of nitrogens with one attached hydrogen (secondary N) is 1. The minimum Gasteiger partial charge on any atom is -0.467 e. The maximum atomic E-state index is 13.5. The normalized spacial score (nSPS) is 11.8. The van der Waals surface area contributed by atoms with Crippen LogP contribution >= 0.6 is 23.2 Å². The molecule has 0 aliphatic heterocycles. The van der Waals surface area contributed by atoms with Crippen molar-refractivity contribution in [2.45, 2.75) is 6.04 Å². The Hall–Kier alpha value is -1.78. The summed E-state index contributed by atoms with van der Waals surface area (Å²) in [5.74, 6) is -1.09. The Labute approximate surface area is 131 Å². The molecule has 0 spiro atoms. The maximum Gasteiger partial charge on any atom is 0.332 e. The van der Waals surface area contributed by atoms with Gasteiger partial charge in [0.25, 0.3) is 0 Å². The van der Waals surface area contributed by atoms with E-state index in [1.165, 1.54) is 25.3 Å². The van der Waals surface area contributed by atoms with Crippen molar-refractivity contribution < 1.29 is 13.9 Å². The van der Waals surface area contributed by atoms with Gasteiger partial charge in [-0.25, -0.2) is 9.18 Å². The van der Waals surface area contributed by atoms with E-state index in [1.807, 2.05) is 0 Å². The van der Waals surface area contributed by atoms with Gasteiger partial charge in [0.05, 0.1) is 7.11 Å². The molecule has 1 N–H and O–H groups in total. The zero-order valence-corrected chi connectivity index (χ0v) is 12.6. The van der Waals surface area contributed by atoms with Gasteiger partial charge in [0, 0.05) is 15.7 Å². The number of halogens is 3. The lowest BCUT2D eigenvalue weighted by Crippen LogP contribution is -2.22. The summed E-state index contributed by atoms with van der Waals surface area (Å²) < 4.78 is 18.2. The van der Waals surface area contributed by atoms with Crippen molar-refractivity contribution in [1.82, 2.24) is 0 Å². The molecular formula is C15H12Cl2FNO2. The van der Waals surface area contributed by atoms with Crippen molar-refractivity contribution in [1.29, 1.82) is 0 Å². The first-order valence-electron chi connectivity index (χ1n) is 6.05. The van der Waals surface area contributed by atoms with Crippen LogP contribution in [0.25, 0.3) is 0 Å². The first kappa shape index (κ1) is 15.6. The number of methoxy groups -OCH3 is 1. The van der Waals surface area contributed by atoms with Crippen LogP contribution in [0.1, 0.15) is 11.6 Å². The average molecular weight is 328 g/mol. The smallest absolute Gasteiger partial charge is 0.332 e. The van der Waals surface area contributed by atoms with Crippen LogP contribution in [0.5, 0.6) is 0 Å². The zero-order chi connectivity index (χ0) is 15.4. The van der Waals surface area contributed by atoms with Gasteiger partial charge in [-0.3, -0.25) is 0 Å². The van der Waals surface area contributed by atoms with Crippen molar-refractivity contribution >= 4 is 34.9 Å². The number of ether oxygens (including phenoxy) is 1. The third-order valence-corrected chi connectivity index (χ3v) is 3.24. The highest BCUT2D eigenvalue weighted by Crippen LogP contribution is 2.26. The lowest BCUT2D eigenvalue weighted by atomic mass is 10.1. The summed E-state index contributed by atoms with van der Waals surface area (Å²) in [5, 5.41) is 3.67. The van der Waals surface area contributed by atoms with Crippen molar-refractivity contribution in [2.24, 2.45) is 0 Å². The zero-order valence-electron chi connectivity index (χ0n) is 11.1. The second-order valence-corrected chi connectivity index (χ2v) is 5.19. The number of carbonyl (C=O) groups excluding carboxylic acids is 1. The van der Waals surface area contributed by atoms with E-state index in [1.54, 1.807) is 24.3 Å². The van der Waals surface area contributed by atoms with Gasteiger partial charge in [-0.1, -0.05) is 29.3 Å². The summed E-state index contributed by atoms with van der Waals surface area (Å²) in [7, 11) is 1.26. The number of hydrogen-bond acceptors (Lipinski definition) is 3. The van der Waals surface area contributed by atoms with Gasteiger partial charge in [0.15, 0.2) is 6.04 Å². The monoisotopic (exact) mass is 327 g/mol. The number of hydrogen-bond donors (Lipinski definition) is 1. The summed E-state index contributed by atoms with van der Waals surface area (Å²) >= 11 is 11.7. The molecule has 0 saturated carbocycles. The first-order valence-corrected chi connectivity index (χ1v) is 6.81. The van der Waals surface area contributed by atoms with Crippen molar-refractivity contribution in [3.8, 4) is 0 Å². The molecule has 1 atom stereocenters. The standard InChI is InChI=1S/C15H12Cl2FNO2/c1-21-15(20)14(9-5-11(17)7-12(18)6-9)19-13-4-2-3-10(16)8-13/h2-8,14,19H,1H3. The van der Waals surface area contributed by atoms with Gasteiger partial charge in [-0.15, -0.1) is 0 Å². The van der Waals surface area contributed by atoms with Crippen LogP contribution in [-0.4, -0.2) is 13.1 Å². The van der Waals surface area contributed by atoms with Crippen molar-refractivity contribution in [2.75, 3.05) is 12.4 Å². The molecule has 0 aliphatic rings. The van der Waals surface area contributed by atoms with Crippen LogP contribution in [0.2, 0.25) is 10.0 Å². The second kappa shape index (κ2) is 6.78. The molecule has 0 fully saturated rings. The highest BCUT2D eigenvalue weighted by molar-refractivity contribution is 6.31. The first-order chi connectivity index (χ1) is 9.99. The molecule has 2 aromatic rings. The van der Waals surface area contributed by atoms with Crippen LogP contribution < -0.4 is 5.32 Å². The van der Waals surface area contributed by atoms with E-state index in [2.05, 4.69) is 5.32 Å². The fourth-order valence-corrected chi connectivity index (χ4v) is 2.30. The van der Waals surface area contributed by atoms with Gasteiger partial charge < -0.3 is 10.1 Å². The molecule has 6 heteroatoms. The minimum absolute atomic E-state index is 0.201. The van der Waals surface area contributed by atoms with Crippen LogP contribution in [0, 0.1) is 5.82 Å². The second-order valence-electron chi connectivity index (χ2n) is 4.31. The van der Waals surface area contributed by atoms with Crippen LogP contribution in [0.4, 0.5) is 10.1 Å². The Balaban J connectivity index is 2.36. The third kappa shape index (κ3) is 4.09. The molecule has 0 radical (unpaired) electrons. The molecule has 2 rings (SSSR count). The number of benzene rings is 2. The predicted molar refractivity (Wildman–Crippen MR) is 81.2 cm³/mol. The molecule has 0 aromatic heterocycles. The van der Waals surface area contributed by atoms with Crippen LogP contribution in [-0.2, 0) is 9.53 Å². The Morgan fingerprint density at radius 1 is 1.19 bits per heavy atom. The van der Waals surface area contributed by atoms with E-state index < -0.39 is 17.8 Å². The number of esters is 1. The lowest BCUT2D eigenvalue weighted by molar-refractivity contribution is -0.141. The molecule has 1 unspecified atom stereocenters. The van der Waals surface area contributed by atoms with Gasteiger partial charge in [-0.2, -0.15) is 0 Å². The van der Waals surface area contributed by atoms with Crippen LogP contribution in [0.3, 0.4) is 0 Å². The van der Waals surface area contributed by atoms with E-state index in [0.29, 0.717) is 16.3 Å². The Bertz CT molecular complexity index is 644. The minimum atomic E-state index is -0.887. The van der Waals surface area contributed by atoms with E-state index in [9.17, 15) is 9.18 Å². The van der Waals surface area contributed by atoms with Gasteiger partial charge in [0.2, 0.25) is 0 Å². The third-order valence-electron chi connectivity index (χ3n) is 2.79. The van der Waals surface area contributed by atoms with E-state index in [-0.39, 0.29) is 5.02 Å². The molecule has 0 bridgehead atoms. The molecule has 0 aliphatic carbocycles. The molecule has 0 saturated heterocycles. The molecule has 0 amide bonds. The largest absolute Gasteiger partial charge is 0.467 e. The van der Waals surface area contributed by atoms with Crippen LogP contribution in [0.15, 0.2) is 42.5 Å². The topological polar surface area (TPSA) is 38.3 Å². The Morgan fingerprint density at radius 2 is 1.95 bits per heavy atom. The molecule has 3 nitrogen and oxygen atoms in total. The SMILES string of the molecule is COC(=O)C(Nc1cccc(Cl)c1)c1cc(F)cc(Cl)c1. The highest BCUT2D eigenvalue weighted by atomic mass is 35.5. The molecule has 21 heavy (non-hydrogen) atoms. The number of anilines is 1. The molecule has 2 aromatic carbocycles. The van der Waals surface area contributed by atoms with Gasteiger partial charge >= 0.3 is 5.97 Å². The molecule has 0 heterocycles. The molecular weight excluding hydrogens is 316 g/mol. The quantitative estimate of drug-likeness (QED) is 0.842. The maximum absolute atomic E-state index is 13.5. The number of carbonyl (C=O) groups is 1. The van der Waals surface area contributed by atoms with E-state index in [0.717, 1.165) is 0 Å².